The summed E-state index contributed by atoms with van der Waals surface area (Å²) >= 11 is 0. The molecule has 6 nitrogen and oxygen atoms in total. The zero-order valence-electron chi connectivity index (χ0n) is 17.7. The third-order valence-electron chi connectivity index (χ3n) is 5.09. The lowest BCUT2D eigenvalue weighted by atomic mass is 9.95. The summed E-state index contributed by atoms with van der Waals surface area (Å²) in [4.78, 5) is 28.6. The molecule has 0 bridgehead atoms. The van der Waals surface area contributed by atoms with Gasteiger partial charge in [-0.2, -0.15) is 0 Å². The largest absolute Gasteiger partial charge is 0.507 e. The first-order valence-corrected chi connectivity index (χ1v) is 10.3. The molecule has 1 saturated heterocycles. The molecular weight excluding hydrogens is 380 g/mol. The van der Waals surface area contributed by atoms with Gasteiger partial charge in [0.25, 0.3) is 11.7 Å². The summed E-state index contributed by atoms with van der Waals surface area (Å²) < 4.78 is 5.75. The van der Waals surface area contributed by atoms with Crippen molar-refractivity contribution in [3.63, 3.8) is 0 Å². The Bertz CT molecular complexity index is 937. The van der Waals surface area contributed by atoms with Crippen molar-refractivity contribution >= 4 is 17.4 Å². The van der Waals surface area contributed by atoms with Crippen LogP contribution in [-0.2, 0) is 9.59 Å². The Kier molecular flexibility index (Phi) is 6.90. The highest BCUT2D eigenvalue weighted by molar-refractivity contribution is 6.46. The molecule has 30 heavy (non-hydrogen) atoms. The van der Waals surface area contributed by atoms with Gasteiger partial charge in [-0.25, -0.2) is 0 Å². The number of aliphatic hydroxyl groups excluding tert-OH is 1. The number of likely N-dealkylation sites (N-methyl/N-ethyl adjacent to an activating group) is 1. The van der Waals surface area contributed by atoms with E-state index < -0.39 is 17.7 Å². The monoisotopic (exact) mass is 409 g/mol. The van der Waals surface area contributed by atoms with Crippen LogP contribution in [0.2, 0.25) is 0 Å². The number of likely N-dealkylation sites (tertiary alicyclic amines) is 1. The van der Waals surface area contributed by atoms with Gasteiger partial charge < -0.3 is 19.6 Å². The lowest BCUT2D eigenvalue weighted by Gasteiger charge is -2.26. The second kappa shape index (κ2) is 9.59. The summed E-state index contributed by atoms with van der Waals surface area (Å²) in [6.07, 6.45) is 0.877. The van der Waals surface area contributed by atoms with Crippen LogP contribution in [0.25, 0.3) is 5.76 Å². The van der Waals surface area contributed by atoms with E-state index in [0.717, 1.165) is 12.0 Å². The Morgan fingerprint density at radius 3 is 2.50 bits per heavy atom. The molecule has 3 rings (SSSR count). The van der Waals surface area contributed by atoms with Crippen molar-refractivity contribution in [2.75, 3.05) is 33.8 Å². The van der Waals surface area contributed by atoms with Gasteiger partial charge in [0, 0.05) is 5.56 Å². The molecule has 1 amide bonds. The van der Waals surface area contributed by atoms with Crippen molar-refractivity contribution in [3.8, 4) is 5.75 Å². The molecule has 0 radical (unpaired) electrons. The molecule has 2 aromatic carbocycles. The molecule has 2 N–H and O–H groups in total. The number of carbonyl (C=O) groups excluding carboxylic acids is 2. The van der Waals surface area contributed by atoms with E-state index in [4.69, 9.17) is 4.74 Å². The van der Waals surface area contributed by atoms with Crippen molar-refractivity contribution in [2.24, 2.45) is 0 Å². The van der Waals surface area contributed by atoms with Crippen molar-refractivity contribution in [2.45, 2.75) is 19.4 Å². The second-order valence-electron chi connectivity index (χ2n) is 7.74. The van der Waals surface area contributed by atoms with Crippen LogP contribution in [0.4, 0.5) is 0 Å². The molecule has 0 saturated carbocycles. The van der Waals surface area contributed by atoms with E-state index in [9.17, 15) is 14.7 Å². The summed E-state index contributed by atoms with van der Waals surface area (Å²) in [5.41, 5.74) is 1.37. The van der Waals surface area contributed by atoms with Crippen LogP contribution in [-0.4, -0.2) is 55.5 Å². The van der Waals surface area contributed by atoms with Crippen molar-refractivity contribution < 1.29 is 24.3 Å². The Hall–Kier alpha value is -3.12. The Morgan fingerprint density at radius 1 is 1.10 bits per heavy atom. The maximum atomic E-state index is 13.0. The fourth-order valence-electron chi connectivity index (χ4n) is 3.55. The SMILES string of the molecule is CCCOc1cccc([C@@H]2/C(=C(/O)c3ccccc3)C(=O)C(=O)N2CC[NH+](C)C)c1. The number of rotatable bonds is 8. The standard InChI is InChI=1S/C24H28N2O4/c1-4-15-30-19-12-8-11-18(16-19)21-20(22(27)17-9-6-5-7-10-17)23(28)24(29)26(21)14-13-25(2)3/h5-12,16,21,27H,4,13-15H2,1-3H3/p+1/b22-20-/t21-/m1/s1. The molecule has 158 valence electrons. The predicted molar refractivity (Wildman–Crippen MR) is 115 cm³/mol. The van der Waals surface area contributed by atoms with Gasteiger partial charge in [-0.05, 0) is 24.1 Å². The van der Waals surface area contributed by atoms with Gasteiger partial charge in [0.05, 0.1) is 45.4 Å². The first kappa shape index (κ1) is 21.6. The van der Waals surface area contributed by atoms with E-state index in [1.165, 1.54) is 4.90 Å². The number of benzene rings is 2. The summed E-state index contributed by atoms with van der Waals surface area (Å²) in [7, 11) is 3.99. The lowest BCUT2D eigenvalue weighted by molar-refractivity contribution is -0.857. The van der Waals surface area contributed by atoms with Crippen LogP contribution in [0.1, 0.15) is 30.5 Å². The minimum Gasteiger partial charge on any atom is -0.507 e. The van der Waals surface area contributed by atoms with Gasteiger partial charge in [-0.1, -0.05) is 49.4 Å². The number of amides is 1. The molecule has 0 aromatic heterocycles. The summed E-state index contributed by atoms with van der Waals surface area (Å²) in [5, 5.41) is 11.0. The van der Waals surface area contributed by atoms with Gasteiger partial charge in [0.1, 0.15) is 11.5 Å². The fourth-order valence-corrected chi connectivity index (χ4v) is 3.55. The number of carbonyl (C=O) groups is 2. The number of quaternary nitrogens is 1. The number of nitrogens with one attached hydrogen (secondary N) is 1. The number of hydrogen-bond donors (Lipinski definition) is 2. The minimum atomic E-state index is -0.658. The predicted octanol–water partition coefficient (Wildman–Crippen LogP) is 2.04. The maximum Gasteiger partial charge on any atom is 0.295 e. The van der Waals surface area contributed by atoms with Crippen LogP contribution >= 0.6 is 0 Å². The number of ether oxygens (including phenoxy) is 1. The second-order valence-corrected chi connectivity index (χ2v) is 7.74. The average molecular weight is 410 g/mol. The number of ketones is 1. The lowest BCUT2D eigenvalue weighted by Crippen LogP contribution is -3.06. The minimum absolute atomic E-state index is 0.118. The maximum absolute atomic E-state index is 13.0. The highest BCUT2D eigenvalue weighted by Crippen LogP contribution is 2.39. The van der Waals surface area contributed by atoms with Crippen LogP contribution in [0.3, 0.4) is 0 Å². The molecule has 1 fully saturated rings. The number of Topliss-reactive ketones (excluding diaryl/α,β-unsaturated/α-hetero) is 1. The zero-order chi connectivity index (χ0) is 21.7. The van der Waals surface area contributed by atoms with Crippen LogP contribution in [0, 0.1) is 0 Å². The molecule has 6 heteroatoms. The van der Waals surface area contributed by atoms with E-state index in [-0.39, 0.29) is 11.3 Å². The Morgan fingerprint density at radius 2 is 1.83 bits per heavy atom. The molecule has 0 unspecified atom stereocenters. The normalized spacial score (nSPS) is 18.3. The van der Waals surface area contributed by atoms with Crippen molar-refractivity contribution in [1.82, 2.24) is 4.90 Å². The highest BCUT2D eigenvalue weighted by atomic mass is 16.5. The highest BCUT2D eigenvalue weighted by Gasteiger charge is 2.46. The third-order valence-corrected chi connectivity index (χ3v) is 5.09. The molecule has 0 spiro atoms. The van der Waals surface area contributed by atoms with E-state index in [1.54, 1.807) is 29.2 Å². The zero-order valence-corrected chi connectivity index (χ0v) is 17.7. The Balaban J connectivity index is 2.10. The van der Waals surface area contributed by atoms with E-state index in [0.29, 0.717) is 31.0 Å². The molecule has 2 aromatic rings. The van der Waals surface area contributed by atoms with Gasteiger partial charge in [0.15, 0.2) is 0 Å². The number of hydrogen-bond acceptors (Lipinski definition) is 4. The molecular formula is C24H29N2O4+. The Labute approximate surface area is 177 Å². The van der Waals surface area contributed by atoms with Crippen LogP contribution in [0.15, 0.2) is 60.2 Å². The molecule has 1 heterocycles. The van der Waals surface area contributed by atoms with Crippen molar-refractivity contribution in [3.05, 3.63) is 71.3 Å². The summed E-state index contributed by atoms with van der Waals surface area (Å²) in [6.45, 7) is 3.70. The smallest absolute Gasteiger partial charge is 0.295 e. The number of nitrogens with zero attached hydrogens (tertiary/aromatic N) is 1. The summed E-state index contributed by atoms with van der Waals surface area (Å²) in [6, 6.07) is 15.6. The van der Waals surface area contributed by atoms with E-state index >= 15 is 0 Å². The van der Waals surface area contributed by atoms with E-state index in [2.05, 4.69) is 0 Å². The van der Waals surface area contributed by atoms with Crippen LogP contribution in [0.5, 0.6) is 5.75 Å². The van der Waals surface area contributed by atoms with Gasteiger partial charge in [0.2, 0.25) is 0 Å². The number of aliphatic hydroxyl groups is 1. The molecule has 1 aliphatic rings. The third kappa shape index (κ3) is 4.54. The molecule has 1 atom stereocenters. The van der Waals surface area contributed by atoms with Gasteiger partial charge in [-0.15, -0.1) is 0 Å². The summed E-state index contributed by atoms with van der Waals surface area (Å²) in [5.74, 6) is -0.718. The quantitative estimate of drug-likeness (QED) is 0.398. The first-order valence-electron chi connectivity index (χ1n) is 10.3. The topological polar surface area (TPSA) is 71.3 Å². The van der Waals surface area contributed by atoms with Crippen LogP contribution < -0.4 is 9.64 Å². The van der Waals surface area contributed by atoms with Gasteiger partial charge >= 0.3 is 0 Å². The van der Waals surface area contributed by atoms with E-state index in [1.807, 2.05) is 51.4 Å². The average Bonchev–Trinajstić information content (AvgIpc) is 3.01. The first-order chi connectivity index (χ1) is 14.4. The fraction of sp³-hybridized carbons (Fsp3) is 0.333. The van der Waals surface area contributed by atoms with Gasteiger partial charge in [-0.3, -0.25) is 9.59 Å². The molecule has 0 aliphatic carbocycles. The molecule has 1 aliphatic heterocycles. The van der Waals surface area contributed by atoms with Crippen molar-refractivity contribution in [1.29, 1.82) is 0 Å².